The summed E-state index contributed by atoms with van der Waals surface area (Å²) < 4.78 is 16.1. The summed E-state index contributed by atoms with van der Waals surface area (Å²) in [5.41, 5.74) is 6.47. The van der Waals surface area contributed by atoms with Crippen molar-refractivity contribution in [1.82, 2.24) is 0 Å². The molecule has 4 nitrogen and oxygen atoms in total. The Bertz CT molecular complexity index is 366. The Hall–Kier alpha value is -1.58. The molecule has 0 aliphatic carbocycles. The monoisotopic (exact) mass is 253 g/mol. The van der Waals surface area contributed by atoms with E-state index < -0.39 is 0 Å². The van der Waals surface area contributed by atoms with Crippen LogP contribution >= 0.6 is 0 Å². The molecule has 0 aromatic heterocycles. The molecule has 102 valence electrons. The lowest BCUT2D eigenvalue weighted by Gasteiger charge is -2.13. The maximum Gasteiger partial charge on any atom is 0.164 e. The van der Waals surface area contributed by atoms with E-state index in [2.05, 4.69) is 6.92 Å². The molecular formula is C14H23NO3. The fraction of sp³-hybridized carbons (Fsp3) is 0.571. The third kappa shape index (κ3) is 4.02. The van der Waals surface area contributed by atoms with Crippen LogP contribution in [0.5, 0.6) is 17.2 Å². The minimum absolute atomic E-state index is 0.572. The molecule has 0 saturated heterocycles. The van der Waals surface area contributed by atoms with Gasteiger partial charge >= 0.3 is 0 Å². The smallest absolute Gasteiger partial charge is 0.164 e. The molecule has 0 spiro atoms. The van der Waals surface area contributed by atoms with Gasteiger partial charge in [0.1, 0.15) is 5.75 Å². The molecule has 0 aliphatic rings. The van der Waals surface area contributed by atoms with Crippen LogP contribution < -0.4 is 19.9 Å². The number of nitrogen functional groups attached to an aromatic ring is 1. The summed E-state index contributed by atoms with van der Waals surface area (Å²) in [6.07, 6.45) is 4.69. The van der Waals surface area contributed by atoms with Crippen LogP contribution in [-0.4, -0.2) is 20.8 Å². The summed E-state index contributed by atoms with van der Waals surface area (Å²) in [5.74, 6) is 1.91. The third-order valence-corrected chi connectivity index (χ3v) is 2.77. The molecule has 1 rings (SSSR count). The summed E-state index contributed by atoms with van der Waals surface area (Å²) in [7, 11) is 3.18. The van der Waals surface area contributed by atoms with Gasteiger partial charge in [-0.2, -0.15) is 0 Å². The van der Waals surface area contributed by atoms with Crippen molar-refractivity contribution in [2.45, 2.75) is 32.6 Å². The third-order valence-electron chi connectivity index (χ3n) is 2.77. The normalized spacial score (nSPS) is 10.2. The van der Waals surface area contributed by atoms with Gasteiger partial charge in [0.25, 0.3) is 0 Å². The molecule has 0 radical (unpaired) electrons. The summed E-state index contributed by atoms with van der Waals surface area (Å²) in [4.78, 5) is 0. The van der Waals surface area contributed by atoms with Gasteiger partial charge < -0.3 is 19.9 Å². The minimum Gasteiger partial charge on any atom is -0.493 e. The zero-order valence-electron chi connectivity index (χ0n) is 11.5. The number of rotatable bonds is 8. The average Bonchev–Trinajstić information content (AvgIpc) is 2.39. The Morgan fingerprint density at radius 1 is 0.944 bits per heavy atom. The number of nitrogens with two attached hydrogens (primary N) is 1. The Kier molecular flexibility index (Phi) is 6.19. The van der Waals surface area contributed by atoms with E-state index in [4.69, 9.17) is 19.9 Å². The van der Waals surface area contributed by atoms with E-state index in [0.29, 0.717) is 29.5 Å². The maximum absolute atomic E-state index is 5.90. The molecule has 0 bridgehead atoms. The molecule has 0 aliphatic heterocycles. The van der Waals surface area contributed by atoms with Crippen molar-refractivity contribution in [1.29, 1.82) is 0 Å². The van der Waals surface area contributed by atoms with E-state index in [1.807, 2.05) is 0 Å². The second-order valence-corrected chi connectivity index (χ2v) is 4.15. The van der Waals surface area contributed by atoms with Gasteiger partial charge in [0, 0.05) is 12.1 Å². The van der Waals surface area contributed by atoms with Crippen LogP contribution in [-0.2, 0) is 0 Å². The van der Waals surface area contributed by atoms with Crippen molar-refractivity contribution in [3.05, 3.63) is 12.1 Å². The van der Waals surface area contributed by atoms with Crippen LogP contribution in [0.2, 0.25) is 0 Å². The quantitative estimate of drug-likeness (QED) is 0.571. The molecule has 0 saturated carbocycles. The minimum atomic E-state index is 0.572. The fourth-order valence-electron chi connectivity index (χ4n) is 1.71. The van der Waals surface area contributed by atoms with E-state index in [-0.39, 0.29) is 0 Å². The van der Waals surface area contributed by atoms with Gasteiger partial charge in [-0.25, -0.2) is 0 Å². The Labute approximate surface area is 109 Å². The van der Waals surface area contributed by atoms with E-state index in [9.17, 15) is 0 Å². The molecular weight excluding hydrogens is 230 g/mol. The number of benzene rings is 1. The lowest BCUT2D eigenvalue weighted by molar-refractivity contribution is 0.301. The van der Waals surface area contributed by atoms with E-state index >= 15 is 0 Å². The van der Waals surface area contributed by atoms with Crippen molar-refractivity contribution in [3.8, 4) is 17.2 Å². The highest BCUT2D eigenvalue weighted by Gasteiger charge is 2.09. The first-order valence-corrected chi connectivity index (χ1v) is 6.37. The highest BCUT2D eigenvalue weighted by molar-refractivity contribution is 5.61. The summed E-state index contributed by atoms with van der Waals surface area (Å²) in [6.45, 7) is 2.87. The van der Waals surface area contributed by atoms with Crippen LogP contribution in [0.3, 0.4) is 0 Å². The van der Waals surface area contributed by atoms with Crippen molar-refractivity contribution in [2.24, 2.45) is 0 Å². The van der Waals surface area contributed by atoms with Gasteiger partial charge in [-0.05, 0) is 6.42 Å². The number of methoxy groups -OCH3 is 2. The second-order valence-electron chi connectivity index (χ2n) is 4.15. The summed E-state index contributed by atoms with van der Waals surface area (Å²) in [6, 6.07) is 3.49. The van der Waals surface area contributed by atoms with Crippen LogP contribution in [0.1, 0.15) is 32.6 Å². The van der Waals surface area contributed by atoms with Crippen LogP contribution in [0, 0.1) is 0 Å². The first kappa shape index (κ1) is 14.5. The zero-order valence-corrected chi connectivity index (χ0v) is 11.5. The van der Waals surface area contributed by atoms with Gasteiger partial charge in [0.05, 0.1) is 26.5 Å². The number of hydrogen-bond donors (Lipinski definition) is 1. The summed E-state index contributed by atoms with van der Waals surface area (Å²) >= 11 is 0. The van der Waals surface area contributed by atoms with Crippen molar-refractivity contribution in [2.75, 3.05) is 26.6 Å². The fourth-order valence-corrected chi connectivity index (χ4v) is 1.71. The maximum atomic E-state index is 5.90. The van der Waals surface area contributed by atoms with Crippen LogP contribution in [0.25, 0.3) is 0 Å². The largest absolute Gasteiger partial charge is 0.493 e. The molecule has 1 aromatic carbocycles. The van der Waals surface area contributed by atoms with Crippen molar-refractivity contribution < 1.29 is 14.2 Å². The predicted octanol–water partition coefficient (Wildman–Crippen LogP) is 3.25. The molecule has 0 amide bonds. The molecule has 0 unspecified atom stereocenters. The van der Waals surface area contributed by atoms with Gasteiger partial charge in [-0.3, -0.25) is 0 Å². The standard InChI is InChI=1S/C14H23NO3/c1-4-5-6-7-8-18-12-10-14(17-3)13(16-2)9-11(12)15/h9-10H,4-8,15H2,1-3H3. The average molecular weight is 253 g/mol. The first-order valence-electron chi connectivity index (χ1n) is 6.37. The Balaban J connectivity index is 2.59. The van der Waals surface area contributed by atoms with E-state index in [1.54, 1.807) is 26.4 Å². The summed E-state index contributed by atoms with van der Waals surface area (Å²) in [5, 5.41) is 0. The zero-order chi connectivity index (χ0) is 13.4. The highest BCUT2D eigenvalue weighted by Crippen LogP contribution is 2.36. The SMILES string of the molecule is CCCCCCOc1cc(OC)c(OC)cc1N. The number of hydrogen-bond acceptors (Lipinski definition) is 4. The number of anilines is 1. The highest BCUT2D eigenvalue weighted by atomic mass is 16.5. The predicted molar refractivity (Wildman–Crippen MR) is 73.6 cm³/mol. The Morgan fingerprint density at radius 2 is 1.61 bits per heavy atom. The Morgan fingerprint density at radius 3 is 2.22 bits per heavy atom. The number of unbranched alkanes of at least 4 members (excludes halogenated alkanes) is 3. The topological polar surface area (TPSA) is 53.7 Å². The van der Waals surface area contributed by atoms with Gasteiger partial charge in [-0.15, -0.1) is 0 Å². The molecule has 0 fully saturated rings. The van der Waals surface area contributed by atoms with E-state index in [1.165, 1.54) is 19.3 Å². The number of ether oxygens (including phenoxy) is 3. The van der Waals surface area contributed by atoms with Crippen molar-refractivity contribution in [3.63, 3.8) is 0 Å². The molecule has 4 heteroatoms. The van der Waals surface area contributed by atoms with Crippen LogP contribution in [0.15, 0.2) is 12.1 Å². The van der Waals surface area contributed by atoms with Crippen LogP contribution in [0.4, 0.5) is 5.69 Å². The van der Waals surface area contributed by atoms with E-state index in [0.717, 1.165) is 6.42 Å². The first-order chi connectivity index (χ1) is 8.72. The van der Waals surface area contributed by atoms with Gasteiger partial charge in [-0.1, -0.05) is 26.2 Å². The van der Waals surface area contributed by atoms with Crippen molar-refractivity contribution >= 4 is 5.69 Å². The van der Waals surface area contributed by atoms with Gasteiger partial charge in [0.2, 0.25) is 0 Å². The molecule has 2 N–H and O–H groups in total. The molecule has 0 atom stereocenters. The molecule has 1 aromatic rings. The lowest BCUT2D eigenvalue weighted by atomic mass is 10.2. The van der Waals surface area contributed by atoms with Gasteiger partial charge in [0.15, 0.2) is 11.5 Å². The molecule has 0 heterocycles. The molecule has 18 heavy (non-hydrogen) atoms. The second kappa shape index (κ2) is 7.69. The lowest BCUT2D eigenvalue weighted by Crippen LogP contribution is -2.02.